The van der Waals surface area contributed by atoms with Crippen LogP contribution >= 0.6 is 0 Å². The second-order valence-corrected chi connectivity index (χ2v) is 6.49. The summed E-state index contributed by atoms with van der Waals surface area (Å²) >= 11 is 0. The molecule has 0 saturated heterocycles. The van der Waals surface area contributed by atoms with Gasteiger partial charge in [0.1, 0.15) is 0 Å². The summed E-state index contributed by atoms with van der Waals surface area (Å²) in [6, 6.07) is 8.60. The first-order chi connectivity index (χ1) is 8.48. The molecule has 1 aromatic rings. The lowest BCUT2D eigenvalue weighted by Gasteiger charge is -2.38. The van der Waals surface area contributed by atoms with Crippen molar-refractivity contribution in [1.29, 1.82) is 0 Å². The minimum absolute atomic E-state index is 0.470. The fourth-order valence-electron chi connectivity index (χ4n) is 3.20. The van der Waals surface area contributed by atoms with Gasteiger partial charge in [0.2, 0.25) is 0 Å². The summed E-state index contributed by atoms with van der Waals surface area (Å²) in [6.07, 6.45) is 5.21. The van der Waals surface area contributed by atoms with Crippen LogP contribution in [-0.2, 0) is 6.42 Å². The molecule has 100 valence electrons. The maximum absolute atomic E-state index is 10.8. The van der Waals surface area contributed by atoms with Crippen molar-refractivity contribution in [3.05, 3.63) is 35.4 Å². The van der Waals surface area contributed by atoms with E-state index in [9.17, 15) is 5.11 Å². The minimum Gasteiger partial charge on any atom is -0.390 e. The van der Waals surface area contributed by atoms with Crippen LogP contribution in [0, 0.1) is 18.8 Å². The number of rotatable bonds is 3. The Morgan fingerprint density at radius 2 is 1.94 bits per heavy atom. The Labute approximate surface area is 111 Å². The smallest absolute Gasteiger partial charge is 0.0690 e. The van der Waals surface area contributed by atoms with Crippen molar-refractivity contribution < 1.29 is 5.11 Å². The summed E-state index contributed by atoms with van der Waals surface area (Å²) in [5.41, 5.74) is 2.09. The third kappa shape index (κ3) is 3.35. The third-order valence-corrected chi connectivity index (χ3v) is 4.46. The highest BCUT2D eigenvalue weighted by Crippen LogP contribution is 2.38. The highest BCUT2D eigenvalue weighted by Gasteiger charge is 2.35. The lowest BCUT2D eigenvalue weighted by molar-refractivity contribution is -0.0239. The largest absolute Gasteiger partial charge is 0.390 e. The molecule has 2 atom stereocenters. The van der Waals surface area contributed by atoms with Crippen LogP contribution in [0.5, 0.6) is 0 Å². The van der Waals surface area contributed by atoms with E-state index >= 15 is 0 Å². The fourth-order valence-corrected chi connectivity index (χ4v) is 3.20. The standard InChI is InChI=1S/C17H26O/c1-13(2)16-5-4-10-17(18,12-16)11-15-8-6-14(3)7-9-15/h6-9,13,16,18H,4-5,10-12H2,1-3H3. The molecule has 0 bridgehead atoms. The number of hydrogen-bond donors (Lipinski definition) is 1. The third-order valence-electron chi connectivity index (χ3n) is 4.46. The predicted octanol–water partition coefficient (Wildman–Crippen LogP) is 4.11. The van der Waals surface area contributed by atoms with E-state index in [1.165, 1.54) is 24.0 Å². The first kappa shape index (κ1) is 13.6. The molecule has 0 amide bonds. The molecule has 1 aliphatic carbocycles. The van der Waals surface area contributed by atoms with Gasteiger partial charge in [0.05, 0.1) is 5.60 Å². The van der Waals surface area contributed by atoms with Crippen molar-refractivity contribution in [1.82, 2.24) is 0 Å². The van der Waals surface area contributed by atoms with Gasteiger partial charge in [-0.2, -0.15) is 0 Å². The van der Waals surface area contributed by atoms with E-state index in [0.717, 1.165) is 19.3 Å². The molecular weight excluding hydrogens is 220 g/mol. The topological polar surface area (TPSA) is 20.2 Å². The molecule has 1 heteroatoms. The van der Waals surface area contributed by atoms with Crippen LogP contribution in [0.4, 0.5) is 0 Å². The van der Waals surface area contributed by atoms with Crippen molar-refractivity contribution in [2.45, 2.75) is 58.5 Å². The van der Waals surface area contributed by atoms with Crippen molar-refractivity contribution in [2.24, 2.45) is 11.8 Å². The Balaban J connectivity index is 2.04. The van der Waals surface area contributed by atoms with Gasteiger partial charge in [0, 0.05) is 6.42 Å². The molecule has 1 nitrogen and oxygen atoms in total. The van der Waals surface area contributed by atoms with Gasteiger partial charge in [-0.15, -0.1) is 0 Å². The Kier molecular flexibility index (Phi) is 4.11. The maximum atomic E-state index is 10.8. The van der Waals surface area contributed by atoms with E-state index in [0.29, 0.717) is 11.8 Å². The number of hydrogen-bond acceptors (Lipinski definition) is 1. The van der Waals surface area contributed by atoms with Crippen LogP contribution < -0.4 is 0 Å². The van der Waals surface area contributed by atoms with Gasteiger partial charge >= 0.3 is 0 Å². The fraction of sp³-hybridized carbons (Fsp3) is 0.647. The van der Waals surface area contributed by atoms with Gasteiger partial charge < -0.3 is 5.11 Å². The molecular formula is C17H26O. The van der Waals surface area contributed by atoms with Gasteiger partial charge in [0.15, 0.2) is 0 Å². The summed E-state index contributed by atoms with van der Waals surface area (Å²) in [5.74, 6) is 1.38. The molecule has 18 heavy (non-hydrogen) atoms. The molecule has 0 aliphatic heterocycles. The first-order valence-corrected chi connectivity index (χ1v) is 7.26. The molecule has 2 unspecified atom stereocenters. The number of benzene rings is 1. The molecule has 0 radical (unpaired) electrons. The quantitative estimate of drug-likeness (QED) is 0.850. The average Bonchev–Trinajstić information content (AvgIpc) is 2.32. The monoisotopic (exact) mass is 246 g/mol. The van der Waals surface area contributed by atoms with E-state index in [4.69, 9.17) is 0 Å². The molecule has 0 heterocycles. The van der Waals surface area contributed by atoms with Crippen molar-refractivity contribution in [2.75, 3.05) is 0 Å². The molecule has 0 aromatic heterocycles. The molecule has 1 aliphatic rings. The van der Waals surface area contributed by atoms with Crippen LogP contribution in [0.2, 0.25) is 0 Å². The van der Waals surface area contributed by atoms with Crippen molar-refractivity contribution >= 4 is 0 Å². The van der Waals surface area contributed by atoms with Crippen LogP contribution in [0.15, 0.2) is 24.3 Å². The summed E-state index contributed by atoms with van der Waals surface area (Å²) in [6.45, 7) is 6.67. The van der Waals surface area contributed by atoms with Crippen molar-refractivity contribution in [3.8, 4) is 0 Å². The van der Waals surface area contributed by atoms with E-state index in [1.807, 2.05) is 0 Å². The predicted molar refractivity (Wildman–Crippen MR) is 76.6 cm³/mol. The van der Waals surface area contributed by atoms with E-state index in [1.54, 1.807) is 0 Å². The zero-order chi connectivity index (χ0) is 13.2. The SMILES string of the molecule is Cc1ccc(CC2(O)CCCC(C(C)C)C2)cc1. The molecule has 0 spiro atoms. The Hall–Kier alpha value is -0.820. The van der Waals surface area contributed by atoms with Crippen LogP contribution in [0.1, 0.15) is 50.7 Å². The van der Waals surface area contributed by atoms with Gasteiger partial charge in [-0.05, 0) is 43.6 Å². The van der Waals surface area contributed by atoms with Gasteiger partial charge in [-0.3, -0.25) is 0 Å². The Bertz CT molecular complexity index is 379. The Morgan fingerprint density at radius 3 is 2.56 bits per heavy atom. The van der Waals surface area contributed by atoms with Crippen molar-refractivity contribution in [3.63, 3.8) is 0 Å². The summed E-state index contributed by atoms with van der Waals surface area (Å²) in [5, 5.41) is 10.8. The van der Waals surface area contributed by atoms with Gasteiger partial charge in [-0.25, -0.2) is 0 Å². The van der Waals surface area contributed by atoms with E-state index < -0.39 is 5.60 Å². The molecule has 1 aromatic carbocycles. The number of aliphatic hydroxyl groups is 1. The summed E-state index contributed by atoms with van der Waals surface area (Å²) < 4.78 is 0. The van der Waals surface area contributed by atoms with Crippen LogP contribution in [-0.4, -0.2) is 10.7 Å². The van der Waals surface area contributed by atoms with Gasteiger partial charge in [-0.1, -0.05) is 50.1 Å². The molecule has 1 saturated carbocycles. The molecule has 1 fully saturated rings. The van der Waals surface area contributed by atoms with Crippen LogP contribution in [0.3, 0.4) is 0 Å². The zero-order valence-corrected chi connectivity index (χ0v) is 11.9. The number of aryl methyl sites for hydroxylation is 1. The average molecular weight is 246 g/mol. The second kappa shape index (κ2) is 5.44. The summed E-state index contributed by atoms with van der Waals surface area (Å²) in [7, 11) is 0. The zero-order valence-electron chi connectivity index (χ0n) is 11.9. The molecule has 1 N–H and O–H groups in total. The maximum Gasteiger partial charge on any atom is 0.0690 e. The lowest BCUT2D eigenvalue weighted by Crippen LogP contribution is -2.38. The van der Waals surface area contributed by atoms with E-state index in [-0.39, 0.29) is 0 Å². The summed E-state index contributed by atoms with van der Waals surface area (Å²) in [4.78, 5) is 0. The Morgan fingerprint density at radius 1 is 1.28 bits per heavy atom. The normalized spacial score (nSPS) is 28.6. The van der Waals surface area contributed by atoms with Crippen LogP contribution in [0.25, 0.3) is 0 Å². The highest BCUT2D eigenvalue weighted by molar-refractivity contribution is 5.23. The van der Waals surface area contributed by atoms with E-state index in [2.05, 4.69) is 45.0 Å². The first-order valence-electron chi connectivity index (χ1n) is 7.26. The lowest BCUT2D eigenvalue weighted by atomic mass is 9.71. The molecule has 2 rings (SSSR count). The second-order valence-electron chi connectivity index (χ2n) is 6.49. The highest BCUT2D eigenvalue weighted by atomic mass is 16.3. The minimum atomic E-state index is -0.470. The van der Waals surface area contributed by atoms with Gasteiger partial charge in [0.25, 0.3) is 0 Å².